The first-order valence-electron chi connectivity index (χ1n) is 4.27. The number of rotatable bonds is 7. The fourth-order valence-corrected chi connectivity index (χ4v) is 0.857. The molecule has 7 heteroatoms. The molecule has 1 atom stereocenters. The Balaban J connectivity index is 3.97. The molecular formula is C8H13F3O4. The number of ether oxygens (including phenoxy) is 2. The summed E-state index contributed by atoms with van der Waals surface area (Å²) in [5.74, 6) is -1.54. The standard InChI is InChI=1S/C8H13F3O4/c1-14-3-2-4-15-6(5-7(12)13)8(9,10)11/h6H,2-5H2,1H3,(H,12,13). The molecule has 0 aliphatic rings. The van der Waals surface area contributed by atoms with Crippen molar-refractivity contribution in [2.24, 2.45) is 0 Å². The van der Waals surface area contributed by atoms with Gasteiger partial charge in [-0.3, -0.25) is 4.79 Å². The van der Waals surface area contributed by atoms with Gasteiger partial charge in [0.05, 0.1) is 6.42 Å². The van der Waals surface area contributed by atoms with Crippen LogP contribution in [0.15, 0.2) is 0 Å². The number of hydrogen-bond acceptors (Lipinski definition) is 3. The Hall–Kier alpha value is -0.820. The van der Waals surface area contributed by atoms with Crippen LogP contribution in [0.3, 0.4) is 0 Å². The molecule has 4 nitrogen and oxygen atoms in total. The second-order valence-electron chi connectivity index (χ2n) is 2.85. The van der Waals surface area contributed by atoms with Crippen molar-refractivity contribution in [2.45, 2.75) is 25.1 Å². The van der Waals surface area contributed by atoms with E-state index in [1.807, 2.05) is 0 Å². The number of carboxylic acids is 1. The number of methoxy groups -OCH3 is 1. The van der Waals surface area contributed by atoms with Crippen LogP contribution in [0.4, 0.5) is 13.2 Å². The zero-order valence-corrected chi connectivity index (χ0v) is 8.21. The number of alkyl halides is 3. The van der Waals surface area contributed by atoms with E-state index in [2.05, 4.69) is 9.47 Å². The Morgan fingerprint density at radius 2 is 2.00 bits per heavy atom. The molecule has 0 saturated heterocycles. The van der Waals surface area contributed by atoms with E-state index in [0.717, 1.165) is 0 Å². The lowest BCUT2D eigenvalue weighted by Gasteiger charge is -2.18. The maximum atomic E-state index is 12.2. The fourth-order valence-electron chi connectivity index (χ4n) is 0.857. The molecule has 0 radical (unpaired) electrons. The lowest BCUT2D eigenvalue weighted by atomic mass is 10.2. The molecule has 0 aromatic heterocycles. The van der Waals surface area contributed by atoms with Crippen LogP contribution in [0.25, 0.3) is 0 Å². The zero-order chi connectivity index (χ0) is 11.9. The Kier molecular flexibility index (Phi) is 6.26. The van der Waals surface area contributed by atoms with Gasteiger partial charge in [-0.2, -0.15) is 13.2 Å². The average Bonchev–Trinajstić information content (AvgIpc) is 2.08. The van der Waals surface area contributed by atoms with Crippen molar-refractivity contribution in [1.29, 1.82) is 0 Å². The summed E-state index contributed by atoms with van der Waals surface area (Å²) in [5, 5.41) is 8.25. The molecule has 1 unspecified atom stereocenters. The van der Waals surface area contributed by atoms with Crippen molar-refractivity contribution in [3.63, 3.8) is 0 Å². The normalized spacial score (nSPS) is 13.9. The molecule has 0 aromatic rings. The minimum atomic E-state index is -4.65. The van der Waals surface area contributed by atoms with E-state index in [4.69, 9.17) is 5.11 Å². The van der Waals surface area contributed by atoms with Gasteiger partial charge in [0.2, 0.25) is 0 Å². The molecule has 0 aliphatic heterocycles. The minimum absolute atomic E-state index is 0.175. The Bertz CT molecular complexity index is 193. The van der Waals surface area contributed by atoms with Gasteiger partial charge in [0.15, 0.2) is 6.10 Å². The third-order valence-electron chi connectivity index (χ3n) is 1.54. The summed E-state index contributed by atoms with van der Waals surface area (Å²) in [5.41, 5.74) is 0. The van der Waals surface area contributed by atoms with Crippen molar-refractivity contribution < 1.29 is 32.5 Å². The maximum absolute atomic E-state index is 12.2. The first kappa shape index (κ1) is 14.2. The van der Waals surface area contributed by atoms with Gasteiger partial charge < -0.3 is 14.6 Å². The van der Waals surface area contributed by atoms with E-state index in [-0.39, 0.29) is 13.2 Å². The third-order valence-corrected chi connectivity index (χ3v) is 1.54. The van der Waals surface area contributed by atoms with Gasteiger partial charge in [0, 0.05) is 20.3 Å². The van der Waals surface area contributed by atoms with Crippen molar-refractivity contribution in [3.05, 3.63) is 0 Å². The van der Waals surface area contributed by atoms with E-state index in [9.17, 15) is 18.0 Å². The number of carbonyl (C=O) groups is 1. The van der Waals surface area contributed by atoms with Crippen molar-refractivity contribution in [3.8, 4) is 0 Å². The summed E-state index contributed by atoms with van der Waals surface area (Å²) in [6, 6.07) is 0. The van der Waals surface area contributed by atoms with E-state index in [1.54, 1.807) is 0 Å². The van der Waals surface area contributed by atoms with Crippen LogP contribution in [-0.4, -0.2) is 43.7 Å². The quantitative estimate of drug-likeness (QED) is 0.672. The number of aliphatic carboxylic acids is 1. The zero-order valence-electron chi connectivity index (χ0n) is 8.21. The molecule has 0 fully saturated rings. The number of carboxylic acid groups (broad SMARTS) is 1. The Morgan fingerprint density at radius 1 is 1.40 bits per heavy atom. The van der Waals surface area contributed by atoms with E-state index >= 15 is 0 Å². The van der Waals surface area contributed by atoms with E-state index in [0.29, 0.717) is 6.42 Å². The highest BCUT2D eigenvalue weighted by molar-refractivity contribution is 5.67. The van der Waals surface area contributed by atoms with Gasteiger partial charge in [-0.1, -0.05) is 0 Å². The highest BCUT2D eigenvalue weighted by Crippen LogP contribution is 2.25. The van der Waals surface area contributed by atoms with Crippen LogP contribution < -0.4 is 0 Å². The van der Waals surface area contributed by atoms with Gasteiger partial charge in [-0.05, 0) is 6.42 Å². The SMILES string of the molecule is COCCCOC(CC(=O)O)C(F)(F)F. The highest BCUT2D eigenvalue weighted by atomic mass is 19.4. The summed E-state index contributed by atoms with van der Waals surface area (Å²) >= 11 is 0. The molecule has 0 aromatic carbocycles. The summed E-state index contributed by atoms with van der Waals surface area (Å²) in [6.07, 6.45) is -7.67. The fraction of sp³-hybridized carbons (Fsp3) is 0.875. The molecule has 0 rings (SSSR count). The average molecular weight is 230 g/mol. The predicted octanol–water partition coefficient (Wildman–Crippen LogP) is 1.45. The molecule has 15 heavy (non-hydrogen) atoms. The monoisotopic (exact) mass is 230 g/mol. The molecule has 0 bridgehead atoms. The molecule has 1 N–H and O–H groups in total. The topological polar surface area (TPSA) is 55.8 Å². The Morgan fingerprint density at radius 3 is 2.40 bits per heavy atom. The molecule has 0 aliphatic carbocycles. The summed E-state index contributed by atoms with van der Waals surface area (Å²) < 4.78 is 45.6. The van der Waals surface area contributed by atoms with Crippen molar-refractivity contribution >= 4 is 5.97 Å². The van der Waals surface area contributed by atoms with Gasteiger partial charge in [-0.25, -0.2) is 0 Å². The lowest BCUT2D eigenvalue weighted by Crippen LogP contribution is -2.34. The predicted molar refractivity (Wildman–Crippen MR) is 44.5 cm³/mol. The first-order valence-corrected chi connectivity index (χ1v) is 4.27. The molecule has 0 amide bonds. The van der Waals surface area contributed by atoms with Crippen molar-refractivity contribution in [2.75, 3.05) is 20.3 Å². The van der Waals surface area contributed by atoms with Crippen LogP contribution in [0.2, 0.25) is 0 Å². The van der Waals surface area contributed by atoms with Crippen LogP contribution in [0, 0.1) is 0 Å². The highest BCUT2D eigenvalue weighted by Gasteiger charge is 2.41. The summed E-state index contributed by atoms with van der Waals surface area (Å²) in [7, 11) is 1.42. The van der Waals surface area contributed by atoms with Gasteiger partial charge in [0.25, 0.3) is 0 Å². The van der Waals surface area contributed by atoms with Crippen LogP contribution >= 0.6 is 0 Å². The smallest absolute Gasteiger partial charge is 0.415 e. The van der Waals surface area contributed by atoms with E-state index < -0.39 is 24.7 Å². The summed E-state index contributed by atoms with van der Waals surface area (Å²) in [6.45, 7) is 0.100. The maximum Gasteiger partial charge on any atom is 0.415 e. The van der Waals surface area contributed by atoms with Crippen LogP contribution in [0.5, 0.6) is 0 Å². The first-order chi connectivity index (χ1) is 6.88. The molecule has 0 saturated carbocycles. The largest absolute Gasteiger partial charge is 0.481 e. The van der Waals surface area contributed by atoms with Gasteiger partial charge >= 0.3 is 12.1 Å². The van der Waals surface area contributed by atoms with Gasteiger partial charge in [0.1, 0.15) is 0 Å². The lowest BCUT2D eigenvalue weighted by molar-refractivity contribution is -0.224. The molecule has 0 heterocycles. The third kappa shape index (κ3) is 7.15. The number of hydrogen-bond donors (Lipinski definition) is 1. The van der Waals surface area contributed by atoms with Crippen LogP contribution in [-0.2, 0) is 14.3 Å². The Labute approximate surface area is 85.0 Å². The second kappa shape index (κ2) is 6.62. The molecular weight excluding hydrogens is 217 g/mol. The van der Waals surface area contributed by atoms with Gasteiger partial charge in [-0.15, -0.1) is 0 Å². The van der Waals surface area contributed by atoms with Crippen molar-refractivity contribution in [1.82, 2.24) is 0 Å². The summed E-state index contributed by atoms with van der Waals surface area (Å²) in [4.78, 5) is 10.1. The second-order valence-corrected chi connectivity index (χ2v) is 2.85. The molecule has 0 spiro atoms. The minimum Gasteiger partial charge on any atom is -0.481 e. The molecule has 90 valence electrons. The van der Waals surface area contributed by atoms with Crippen LogP contribution in [0.1, 0.15) is 12.8 Å². The number of halogens is 3. The van der Waals surface area contributed by atoms with E-state index in [1.165, 1.54) is 7.11 Å².